The summed E-state index contributed by atoms with van der Waals surface area (Å²) in [6.45, 7) is 1.67. The summed E-state index contributed by atoms with van der Waals surface area (Å²) in [5.41, 5.74) is 1.60. The highest BCUT2D eigenvalue weighted by molar-refractivity contribution is 8.00. The maximum atomic E-state index is 10.7. The first-order valence-electron chi connectivity index (χ1n) is 5.05. The Bertz CT molecular complexity index is 510. The molecule has 0 saturated heterocycles. The van der Waals surface area contributed by atoms with Crippen molar-refractivity contribution in [2.75, 3.05) is 12.0 Å². The number of rotatable bonds is 7. The summed E-state index contributed by atoms with van der Waals surface area (Å²) in [6, 6.07) is 0. The summed E-state index contributed by atoms with van der Waals surface area (Å²) in [5, 5.41) is 6.86. The van der Waals surface area contributed by atoms with Crippen LogP contribution < -0.4 is 5.14 Å². The molecule has 5 nitrogen and oxygen atoms in total. The maximum Gasteiger partial charge on any atom is 0.317 e. The fraction of sp³-hybridized carbons (Fsp3) is 0.556. The molecule has 0 amide bonds. The summed E-state index contributed by atoms with van der Waals surface area (Å²) in [6.07, 6.45) is 2.61. The van der Waals surface area contributed by atoms with Gasteiger partial charge in [0.25, 0.3) is 0 Å². The zero-order chi connectivity index (χ0) is 13.6. The second-order valence-corrected chi connectivity index (χ2v) is 7.68. The van der Waals surface area contributed by atoms with Gasteiger partial charge >= 0.3 is 10.2 Å². The highest BCUT2D eigenvalue weighted by Gasteiger charge is 2.03. The fourth-order valence-electron chi connectivity index (χ4n) is 1.11. The molecule has 1 heterocycles. The first kappa shape index (κ1) is 16.0. The quantitative estimate of drug-likeness (QED) is 0.471. The van der Waals surface area contributed by atoms with Gasteiger partial charge in [-0.25, -0.2) is 10.1 Å². The third-order valence-electron chi connectivity index (χ3n) is 1.85. The van der Waals surface area contributed by atoms with Crippen LogP contribution in [0.4, 0.5) is 0 Å². The molecule has 9 heteroatoms. The van der Waals surface area contributed by atoms with Crippen molar-refractivity contribution in [1.29, 1.82) is 0 Å². The number of thioether (sulfide) groups is 2. The van der Waals surface area contributed by atoms with Gasteiger partial charge in [-0.2, -0.15) is 24.6 Å². The molecule has 1 aromatic heterocycles. The van der Waals surface area contributed by atoms with E-state index >= 15 is 0 Å². The smallest absolute Gasteiger partial charge is 0.234 e. The molecule has 0 spiro atoms. The molecule has 1 aromatic rings. The first-order valence-corrected chi connectivity index (χ1v) is 9.81. The molecule has 0 unspecified atom stereocenters. The molecule has 0 saturated carbocycles. The van der Waals surface area contributed by atoms with Crippen LogP contribution in [0.5, 0.6) is 0 Å². The Kier molecular flexibility index (Phi) is 6.64. The number of thiazole rings is 1. The van der Waals surface area contributed by atoms with E-state index in [2.05, 4.69) is 9.38 Å². The Balaban J connectivity index is 2.29. The van der Waals surface area contributed by atoms with Gasteiger partial charge in [0.1, 0.15) is 4.34 Å². The molecule has 0 fully saturated rings. The molecule has 0 atom stereocenters. The molecule has 1 rings (SSSR count). The van der Waals surface area contributed by atoms with E-state index in [-0.39, 0.29) is 0 Å². The number of hydrogen-bond donors (Lipinski definition) is 1. The van der Waals surface area contributed by atoms with Crippen LogP contribution in [0.25, 0.3) is 0 Å². The van der Waals surface area contributed by atoms with E-state index in [0.717, 1.165) is 21.5 Å². The fourth-order valence-corrected chi connectivity index (χ4v) is 3.96. The van der Waals surface area contributed by atoms with Gasteiger partial charge < -0.3 is 0 Å². The highest BCUT2D eigenvalue weighted by atomic mass is 32.2. The van der Waals surface area contributed by atoms with Crippen molar-refractivity contribution in [2.24, 2.45) is 9.54 Å². The van der Waals surface area contributed by atoms with E-state index in [4.69, 9.17) is 5.14 Å². The van der Waals surface area contributed by atoms with Gasteiger partial charge in [0.2, 0.25) is 0 Å². The zero-order valence-corrected chi connectivity index (χ0v) is 13.4. The van der Waals surface area contributed by atoms with Gasteiger partial charge in [-0.15, -0.1) is 11.3 Å². The van der Waals surface area contributed by atoms with Crippen molar-refractivity contribution >= 4 is 50.8 Å². The predicted molar refractivity (Wildman–Crippen MR) is 80.9 cm³/mol. The van der Waals surface area contributed by atoms with E-state index in [0.29, 0.717) is 12.1 Å². The second kappa shape index (κ2) is 7.49. The van der Waals surface area contributed by atoms with Gasteiger partial charge in [0.15, 0.2) is 0 Å². The minimum Gasteiger partial charge on any atom is -0.234 e. The van der Waals surface area contributed by atoms with Gasteiger partial charge in [0.05, 0.1) is 5.69 Å². The topological polar surface area (TPSA) is 85.4 Å². The van der Waals surface area contributed by atoms with E-state index in [1.165, 1.54) is 0 Å². The Hall–Kier alpha value is -0.0900. The third kappa shape index (κ3) is 6.74. The molecular weight excluding hydrogens is 310 g/mol. The molecule has 102 valence electrons. The van der Waals surface area contributed by atoms with Crippen LogP contribution in [-0.4, -0.2) is 31.1 Å². The van der Waals surface area contributed by atoms with Gasteiger partial charge in [0, 0.05) is 16.8 Å². The van der Waals surface area contributed by atoms with E-state index < -0.39 is 10.2 Å². The van der Waals surface area contributed by atoms with E-state index in [1.54, 1.807) is 41.8 Å². The van der Waals surface area contributed by atoms with E-state index in [1.807, 2.05) is 11.6 Å². The molecular formula is C9H15N3O2S4. The second-order valence-electron chi connectivity index (χ2n) is 3.45. The van der Waals surface area contributed by atoms with E-state index in [9.17, 15) is 8.42 Å². The third-order valence-corrected chi connectivity index (χ3v) is 5.32. The number of hydrogen-bond acceptors (Lipinski definition) is 6. The van der Waals surface area contributed by atoms with Crippen LogP contribution >= 0.6 is 34.9 Å². The van der Waals surface area contributed by atoms with Gasteiger partial charge in [-0.05, 0) is 25.4 Å². The zero-order valence-electron chi connectivity index (χ0n) is 10.1. The largest absolute Gasteiger partial charge is 0.317 e. The monoisotopic (exact) mass is 325 g/mol. The van der Waals surface area contributed by atoms with Crippen LogP contribution in [0.2, 0.25) is 0 Å². The average molecular weight is 326 g/mol. The molecule has 0 aromatic carbocycles. The Morgan fingerprint density at radius 2 is 2.33 bits per heavy atom. The molecule has 2 N–H and O–H groups in total. The van der Waals surface area contributed by atoms with Crippen molar-refractivity contribution in [3.8, 4) is 0 Å². The first-order chi connectivity index (χ1) is 8.40. The summed E-state index contributed by atoms with van der Waals surface area (Å²) in [5.74, 6) is 1.64. The molecule has 0 aliphatic rings. The number of nitrogens with zero attached hydrogens (tertiary/aromatic N) is 2. The van der Waals surface area contributed by atoms with Gasteiger partial charge in [-0.1, -0.05) is 11.8 Å². The van der Waals surface area contributed by atoms with Crippen LogP contribution in [0.1, 0.15) is 19.0 Å². The van der Waals surface area contributed by atoms with Crippen molar-refractivity contribution < 1.29 is 8.42 Å². The lowest BCUT2D eigenvalue weighted by Gasteiger charge is -1.99. The van der Waals surface area contributed by atoms with Crippen molar-refractivity contribution in [1.82, 2.24) is 4.98 Å². The van der Waals surface area contributed by atoms with Crippen molar-refractivity contribution in [3.05, 3.63) is 11.1 Å². The SMILES string of the molecule is CSc1nc(CSCCC(C)=NS(N)(=O)=O)cs1. The number of nitrogens with two attached hydrogens (primary N) is 1. The molecule has 18 heavy (non-hydrogen) atoms. The van der Waals surface area contributed by atoms with Crippen molar-refractivity contribution in [3.63, 3.8) is 0 Å². The highest BCUT2D eigenvalue weighted by Crippen LogP contribution is 2.22. The molecule has 0 radical (unpaired) electrons. The lowest BCUT2D eigenvalue weighted by Crippen LogP contribution is -2.11. The normalized spacial score (nSPS) is 12.9. The Labute approximate surface area is 120 Å². The minimum atomic E-state index is -3.75. The van der Waals surface area contributed by atoms with Crippen LogP contribution in [0.3, 0.4) is 0 Å². The number of aromatic nitrogens is 1. The standard InChI is InChI=1S/C9H15N3O2S4/c1-7(12-18(10,13)14)3-4-16-5-8-6-17-9(11-8)15-2/h6H,3-5H2,1-2H3,(H2,10,13,14). The van der Waals surface area contributed by atoms with Crippen LogP contribution in [0, 0.1) is 0 Å². The summed E-state index contributed by atoms with van der Waals surface area (Å²) < 4.78 is 25.9. The Morgan fingerprint density at radius 3 is 2.89 bits per heavy atom. The summed E-state index contributed by atoms with van der Waals surface area (Å²) in [7, 11) is -3.75. The summed E-state index contributed by atoms with van der Waals surface area (Å²) >= 11 is 4.98. The van der Waals surface area contributed by atoms with Crippen LogP contribution in [0.15, 0.2) is 14.1 Å². The predicted octanol–water partition coefficient (Wildman–Crippen LogP) is 2.15. The van der Waals surface area contributed by atoms with Crippen LogP contribution in [-0.2, 0) is 16.0 Å². The molecule has 0 bridgehead atoms. The van der Waals surface area contributed by atoms with Crippen molar-refractivity contribution in [2.45, 2.75) is 23.4 Å². The maximum absolute atomic E-state index is 10.7. The summed E-state index contributed by atoms with van der Waals surface area (Å²) in [4.78, 5) is 4.42. The lowest BCUT2D eigenvalue weighted by molar-refractivity contribution is 0.599. The average Bonchev–Trinajstić information content (AvgIpc) is 2.70. The lowest BCUT2D eigenvalue weighted by atomic mass is 10.3. The minimum absolute atomic E-state index is 0.535. The Morgan fingerprint density at radius 1 is 1.61 bits per heavy atom. The molecule has 0 aliphatic carbocycles. The van der Waals surface area contributed by atoms with Gasteiger partial charge in [-0.3, -0.25) is 0 Å². The molecule has 0 aliphatic heterocycles.